The highest BCUT2D eigenvalue weighted by atomic mass is 32.2. The molecule has 1 rings (SSSR count). The average Bonchev–Trinajstić information content (AvgIpc) is 2.36. The van der Waals surface area contributed by atoms with Crippen LogP contribution in [0.5, 0.6) is 5.75 Å². The molecule has 0 aliphatic heterocycles. The van der Waals surface area contributed by atoms with E-state index in [-0.39, 0.29) is 17.3 Å². The first-order valence-electron chi connectivity index (χ1n) is 5.27. The van der Waals surface area contributed by atoms with Gasteiger partial charge >= 0.3 is 0 Å². The minimum Gasteiger partial charge on any atom is -0.494 e. The second-order valence-corrected chi connectivity index (χ2v) is 5.85. The first kappa shape index (κ1) is 14.9. The third-order valence-corrected chi connectivity index (χ3v) is 4.65. The molecule has 7 heteroatoms. The Morgan fingerprint density at radius 2 is 2.11 bits per heavy atom. The molecule has 0 aliphatic rings. The monoisotopic (exact) mass is 277 g/mol. The van der Waals surface area contributed by atoms with Gasteiger partial charge in [-0.3, -0.25) is 0 Å². The fourth-order valence-electron chi connectivity index (χ4n) is 1.33. The van der Waals surface area contributed by atoms with E-state index in [1.807, 2.05) is 0 Å². The third-order valence-electron chi connectivity index (χ3n) is 2.69. The summed E-state index contributed by atoms with van der Waals surface area (Å²) in [5.41, 5.74) is 0. The van der Waals surface area contributed by atoms with Crippen LogP contribution in [0.25, 0.3) is 0 Å². The van der Waals surface area contributed by atoms with Crippen molar-refractivity contribution < 1.29 is 22.7 Å². The molecule has 0 saturated heterocycles. The zero-order valence-corrected chi connectivity index (χ0v) is 11.2. The van der Waals surface area contributed by atoms with E-state index in [0.29, 0.717) is 0 Å². The van der Waals surface area contributed by atoms with Gasteiger partial charge in [-0.1, -0.05) is 0 Å². The third kappa shape index (κ3) is 2.80. The molecule has 1 unspecified atom stereocenters. The Balaban J connectivity index is 3.17. The van der Waals surface area contributed by atoms with E-state index in [2.05, 4.69) is 0 Å². The van der Waals surface area contributed by atoms with Crippen molar-refractivity contribution in [1.29, 1.82) is 0 Å². The van der Waals surface area contributed by atoms with Crippen molar-refractivity contribution in [3.63, 3.8) is 0 Å². The summed E-state index contributed by atoms with van der Waals surface area (Å²) in [5.74, 6) is -0.768. The van der Waals surface area contributed by atoms with Gasteiger partial charge in [0.05, 0.1) is 18.6 Å². The Morgan fingerprint density at radius 3 is 2.56 bits per heavy atom. The molecule has 1 aromatic rings. The number of ether oxygens (including phenoxy) is 1. The average molecular weight is 277 g/mol. The summed E-state index contributed by atoms with van der Waals surface area (Å²) >= 11 is 0. The van der Waals surface area contributed by atoms with Crippen molar-refractivity contribution in [2.45, 2.75) is 17.9 Å². The molecule has 0 heterocycles. The highest BCUT2D eigenvalue weighted by Gasteiger charge is 2.25. The first-order valence-corrected chi connectivity index (χ1v) is 6.71. The number of aliphatic hydroxyl groups excluding tert-OH is 1. The summed E-state index contributed by atoms with van der Waals surface area (Å²) in [4.78, 5) is -0.177. The molecule has 18 heavy (non-hydrogen) atoms. The van der Waals surface area contributed by atoms with Crippen LogP contribution in [0.1, 0.15) is 6.92 Å². The maximum absolute atomic E-state index is 13.5. The summed E-state index contributed by atoms with van der Waals surface area (Å²) in [5, 5.41) is 8.95. The summed E-state index contributed by atoms with van der Waals surface area (Å²) < 4.78 is 43.4. The van der Waals surface area contributed by atoms with E-state index < -0.39 is 21.9 Å². The highest BCUT2D eigenvalue weighted by molar-refractivity contribution is 7.89. The van der Waals surface area contributed by atoms with Crippen LogP contribution >= 0.6 is 0 Å². The van der Waals surface area contributed by atoms with Gasteiger partial charge in [-0.2, -0.15) is 4.31 Å². The van der Waals surface area contributed by atoms with Gasteiger partial charge in [0.25, 0.3) is 0 Å². The molecule has 0 radical (unpaired) electrons. The van der Waals surface area contributed by atoms with E-state index in [0.717, 1.165) is 10.4 Å². The number of rotatable bonds is 5. The normalized spacial score (nSPS) is 13.7. The number of methoxy groups -OCH3 is 1. The molecule has 1 atom stereocenters. The lowest BCUT2D eigenvalue weighted by atomic mass is 10.3. The van der Waals surface area contributed by atoms with Crippen LogP contribution in [-0.2, 0) is 10.0 Å². The van der Waals surface area contributed by atoms with Gasteiger partial charge < -0.3 is 9.84 Å². The molecule has 0 fully saturated rings. The number of nitrogens with zero attached hydrogens (tertiary/aromatic N) is 1. The molecule has 0 bridgehead atoms. The van der Waals surface area contributed by atoms with Crippen molar-refractivity contribution in [2.75, 3.05) is 20.8 Å². The number of benzene rings is 1. The zero-order chi connectivity index (χ0) is 13.9. The number of sulfonamides is 1. The van der Waals surface area contributed by atoms with Gasteiger partial charge in [0.2, 0.25) is 10.0 Å². The largest absolute Gasteiger partial charge is 0.494 e. The van der Waals surface area contributed by atoms with Gasteiger partial charge in [-0.25, -0.2) is 12.8 Å². The smallest absolute Gasteiger partial charge is 0.243 e. The Kier molecular flexibility index (Phi) is 4.66. The Morgan fingerprint density at radius 1 is 1.50 bits per heavy atom. The second-order valence-electron chi connectivity index (χ2n) is 3.85. The minimum atomic E-state index is -3.82. The first-order chi connectivity index (χ1) is 8.34. The standard InChI is InChI=1S/C11H16FNO4S/c1-8(7-14)13(2)18(15,16)9-4-5-11(17-3)10(12)6-9/h4-6,8,14H,7H2,1-3H3. The van der Waals surface area contributed by atoms with E-state index >= 15 is 0 Å². The summed E-state index contributed by atoms with van der Waals surface area (Å²) in [7, 11) is -1.19. The molecule has 102 valence electrons. The molecule has 5 nitrogen and oxygen atoms in total. The number of halogens is 1. The lowest BCUT2D eigenvalue weighted by Crippen LogP contribution is -2.37. The molecule has 0 saturated carbocycles. The van der Waals surface area contributed by atoms with Crippen LogP contribution < -0.4 is 4.74 Å². The van der Waals surface area contributed by atoms with Gasteiger partial charge in [0.1, 0.15) is 0 Å². The van der Waals surface area contributed by atoms with Crippen LogP contribution in [0.3, 0.4) is 0 Å². The number of hydrogen-bond acceptors (Lipinski definition) is 4. The summed E-state index contributed by atoms with van der Waals surface area (Å²) in [6, 6.07) is 2.83. The number of hydrogen-bond donors (Lipinski definition) is 1. The van der Waals surface area contributed by atoms with E-state index in [4.69, 9.17) is 9.84 Å². The van der Waals surface area contributed by atoms with Gasteiger partial charge in [-0.05, 0) is 25.1 Å². The fourth-order valence-corrected chi connectivity index (χ4v) is 2.69. The lowest BCUT2D eigenvalue weighted by Gasteiger charge is -2.22. The zero-order valence-electron chi connectivity index (χ0n) is 10.4. The number of aliphatic hydroxyl groups is 1. The van der Waals surface area contributed by atoms with Crippen LogP contribution in [-0.4, -0.2) is 44.6 Å². The Hall–Kier alpha value is -1.18. The molecule has 0 amide bonds. The molecule has 1 aromatic carbocycles. The maximum atomic E-state index is 13.5. The minimum absolute atomic E-state index is 0.0215. The second kappa shape index (κ2) is 5.64. The van der Waals surface area contributed by atoms with E-state index in [9.17, 15) is 12.8 Å². The quantitative estimate of drug-likeness (QED) is 0.866. The van der Waals surface area contributed by atoms with Gasteiger partial charge in [0.15, 0.2) is 11.6 Å². The van der Waals surface area contributed by atoms with Crippen LogP contribution in [0.15, 0.2) is 23.1 Å². The van der Waals surface area contributed by atoms with E-state index in [1.54, 1.807) is 6.92 Å². The van der Waals surface area contributed by atoms with Crippen LogP contribution in [0.2, 0.25) is 0 Å². The molecule has 1 N–H and O–H groups in total. The molecular formula is C11H16FNO4S. The summed E-state index contributed by atoms with van der Waals surface area (Å²) in [6.45, 7) is 1.24. The SMILES string of the molecule is COc1ccc(S(=O)(=O)N(C)C(C)CO)cc1F. The highest BCUT2D eigenvalue weighted by Crippen LogP contribution is 2.23. The fraction of sp³-hybridized carbons (Fsp3) is 0.455. The topological polar surface area (TPSA) is 66.8 Å². The Bertz CT molecular complexity index is 518. The van der Waals surface area contributed by atoms with Gasteiger partial charge in [-0.15, -0.1) is 0 Å². The van der Waals surface area contributed by atoms with E-state index in [1.165, 1.54) is 26.3 Å². The van der Waals surface area contributed by atoms with Crippen LogP contribution in [0, 0.1) is 5.82 Å². The van der Waals surface area contributed by atoms with Crippen molar-refractivity contribution >= 4 is 10.0 Å². The van der Waals surface area contributed by atoms with Gasteiger partial charge in [0, 0.05) is 13.1 Å². The van der Waals surface area contributed by atoms with Crippen molar-refractivity contribution in [3.8, 4) is 5.75 Å². The molecule has 0 aliphatic carbocycles. The number of likely N-dealkylation sites (N-methyl/N-ethyl adjacent to an activating group) is 1. The molecule has 0 aromatic heterocycles. The Labute approximate surface area is 106 Å². The predicted molar refractivity (Wildman–Crippen MR) is 64.4 cm³/mol. The lowest BCUT2D eigenvalue weighted by molar-refractivity contribution is 0.214. The summed E-state index contributed by atoms with van der Waals surface area (Å²) in [6.07, 6.45) is 0. The van der Waals surface area contributed by atoms with Crippen molar-refractivity contribution in [1.82, 2.24) is 4.31 Å². The van der Waals surface area contributed by atoms with Crippen molar-refractivity contribution in [3.05, 3.63) is 24.0 Å². The van der Waals surface area contributed by atoms with Crippen molar-refractivity contribution in [2.24, 2.45) is 0 Å². The predicted octanol–water partition coefficient (Wildman–Crippen LogP) is 0.836. The molecule has 0 spiro atoms. The maximum Gasteiger partial charge on any atom is 0.243 e. The van der Waals surface area contributed by atoms with Crippen LogP contribution in [0.4, 0.5) is 4.39 Å². The molecular weight excluding hydrogens is 261 g/mol.